The molecule has 1 rings (SSSR count). The Hall–Kier alpha value is -0.540. The van der Waals surface area contributed by atoms with Gasteiger partial charge in [-0.1, -0.05) is 0 Å². The smallest absolute Gasteiger partial charge is 0.211 e. The topological polar surface area (TPSA) is 58.9 Å². The van der Waals surface area contributed by atoms with Crippen LogP contribution in [0.4, 0.5) is 0 Å². The van der Waals surface area contributed by atoms with Crippen molar-refractivity contribution in [1.29, 1.82) is 0 Å². The van der Waals surface area contributed by atoms with Gasteiger partial charge < -0.3 is 0 Å². The first-order chi connectivity index (χ1) is 6.83. The van der Waals surface area contributed by atoms with E-state index in [2.05, 4.69) is 9.98 Å². The van der Waals surface area contributed by atoms with E-state index < -0.39 is 0 Å². The lowest BCUT2D eigenvalue weighted by atomic mass is 10.3. The maximum Gasteiger partial charge on any atom is 0.235 e. The molecule has 0 saturated carbocycles. The molecule has 0 bridgehead atoms. The Balaban J connectivity index is 2.51. The molecule has 1 saturated heterocycles. The summed E-state index contributed by atoms with van der Waals surface area (Å²) in [6, 6.07) is 0. The summed E-state index contributed by atoms with van der Waals surface area (Å²) in [4.78, 5) is 27.1. The van der Waals surface area contributed by atoms with E-state index in [-0.39, 0.29) is 4.08 Å². The van der Waals surface area contributed by atoms with Crippen LogP contribution < -0.4 is 0 Å². The lowest BCUT2D eigenvalue weighted by Gasteiger charge is -2.22. The van der Waals surface area contributed by atoms with Gasteiger partial charge >= 0.3 is 0 Å². The molecule has 6 heteroatoms. The number of rotatable bonds is 5. The van der Waals surface area contributed by atoms with Gasteiger partial charge in [-0.25, -0.2) is 19.6 Å². The first-order valence-corrected chi connectivity index (χ1v) is 6.15. The Bertz CT molecular complexity index is 277. The van der Waals surface area contributed by atoms with Gasteiger partial charge in [0, 0.05) is 11.5 Å². The largest absolute Gasteiger partial charge is 0.235 e. The minimum Gasteiger partial charge on any atom is -0.211 e. The van der Waals surface area contributed by atoms with Gasteiger partial charge in [-0.05, 0) is 6.42 Å². The Kier molecular flexibility index (Phi) is 4.98. The zero-order chi connectivity index (χ0) is 10.3. The third-order valence-electron chi connectivity index (χ3n) is 1.87. The molecule has 1 fully saturated rings. The fourth-order valence-corrected chi connectivity index (χ4v) is 4.26. The quantitative estimate of drug-likeness (QED) is 0.526. The summed E-state index contributed by atoms with van der Waals surface area (Å²) in [5.41, 5.74) is 0. The standard InChI is InChI=1S/C8H10N2O2S2/c11-6-9-2-1-8(5-10-7-12)13-3-4-14-8/h1-5H2. The fraction of sp³-hybridized carbons (Fsp3) is 0.750. The van der Waals surface area contributed by atoms with E-state index in [1.165, 1.54) is 6.08 Å². The van der Waals surface area contributed by atoms with E-state index in [0.29, 0.717) is 13.1 Å². The molecule has 14 heavy (non-hydrogen) atoms. The minimum absolute atomic E-state index is 0.0717. The molecule has 0 spiro atoms. The summed E-state index contributed by atoms with van der Waals surface area (Å²) in [6.45, 7) is 0.915. The van der Waals surface area contributed by atoms with E-state index in [4.69, 9.17) is 0 Å². The third kappa shape index (κ3) is 3.31. The lowest BCUT2D eigenvalue weighted by Crippen LogP contribution is -2.22. The maximum absolute atomic E-state index is 10.0. The van der Waals surface area contributed by atoms with E-state index in [0.717, 1.165) is 17.9 Å². The van der Waals surface area contributed by atoms with Crippen LogP contribution >= 0.6 is 23.5 Å². The second-order valence-corrected chi connectivity index (χ2v) is 5.95. The number of hydrogen-bond donors (Lipinski definition) is 0. The summed E-state index contributed by atoms with van der Waals surface area (Å²) < 4.78 is -0.0717. The molecule has 1 heterocycles. The highest BCUT2D eigenvalue weighted by Gasteiger charge is 2.34. The van der Waals surface area contributed by atoms with Crippen molar-refractivity contribution >= 4 is 35.7 Å². The van der Waals surface area contributed by atoms with Gasteiger partial charge in [0.1, 0.15) is 0 Å². The maximum atomic E-state index is 10.0. The van der Waals surface area contributed by atoms with Gasteiger partial charge in [0.15, 0.2) is 0 Å². The number of aliphatic imine (C=N–C) groups is 2. The molecule has 76 valence electrons. The monoisotopic (exact) mass is 230 g/mol. The molecule has 0 unspecified atom stereocenters. The summed E-state index contributed by atoms with van der Waals surface area (Å²) in [6.07, 6.45) is 3.82. The van der Waals surface area contributed by atoms with Crippen molar-refractivity contribution in [1.82, 2.24) is 0 Å². The van der Waals surface area contributed by atoms with E-state index in [1.54, 1.807) is 29.6 Å². The van der Waals surface area contributed by atoms with Crippen molar-refractivity contribution in [3.05, 3.63) is 0 Å². The Labute approximate surface area is 90.6 Å². The number of isocyanates is 2. The van der Waals surface area contributed by atoms with Gasteiger partial charge in [-0.15, -0.1) is 23.5 Å². The predicted octanol–water partition coefficient (Wildman–Crippen LogP) is 1.22. The zero-order valence-electron chi connectivity index (χ0n) is 7.56. The molecule has 0 aromatic heterocycles. The van der Waals surface area contributed by atoms with Crippen LogP contribution in [0.2, 0.25) is 0 Å². The van der Waals surface area contributed by atoms with Crippen LogP contribution in [0.5, 0.6) is 0 Å². The van der Waals surface area contributed by atoms with Gasteiger partial charge in [-0.2, -0.15) is 0 Å². The molecule has 0 amide bonds. The van der Waals surface area contributed by atoms with Crippen LogP contribution in [0.1, 0.15) is 6.42 Å². The molecule has 0 aromatic carbocycles. The van der Waals surface area contributed by atoms with Gasteiger partial charge in [-0.3, -0.25) is 0 Å². The average Bonchev–Trinajstić information content (AvgIpc) is 2.65. The first kappa shape index (κ1) is 11.5. The van der Waals surface area contributed by atoms with Crippen LogP contribution in [-0.4, -0.2) is 40.8 Å². The Morgan fingerprint density at radius 1 is 1.14 bits per heavy atom. The number of carbonyl (C=O) groups excluding carboxylic acids is 2. The van der Waals surface area contributed by atoms with Crippen molar-refractivity contribution in [3.8, 4) is 0 Å². The minimum atomic E-state index is -0.0717. The van der Waals surface area contributed by atoms with E-state index in [1.807, 2.05) is 0 Å². The van der Waals surface area contributed by atoms with Gasteiger partial charge in [0.25, 0.3) is 0 Å². The lowest BCUT2D eigenvalue weighted by molar-refractivity contribution is 0.559. The van der Waals surface area contributed by atoms with Crippen molar-refractivity contribution < 1.29 is 9.59 Å². The van der Waals surface area contributed by atoms with Crippen molar-refractivity contribution in [2.75, 3.05) is 24.6 Å². The van der Waals surface area contributed by atoms with E-state index in [9.17, 15) is 9.59 Å². The third-order valence-corrected chi connectivity index (χ3v) is 5.37. The summed E-state index contributed by atoms with van der Waals surface area (Å²) >= 11 is 3.56. The molecule has 1 aliphatic heterocycles. The molecule has 0 atom stereocenters. The molecule has 0 aromatic rings. The number of thioether (sulfide) groups is 2. The average molecular weight is 230 g/mol. The van der Waals surface area contributed by atoms with Crippen LogP contribution in [0.15, 0.2) is 9.98 Å². The van der Waals surface area contributed by atoms with Crippen LogP contribution in [-0.2, 0) is 9.59 Å². The second kappa shape index (κ2) is 6.04. The van der Waals surface area contributed by atoms with E-state index >= 15 is 0 Å². The van der Waals surface area contributed by atoms with Crippen molar-refractivity contribution in [3.63, 3.8) is 0 Å². The highest BCUT2D eigenvalue weighted by molar-refractivity contribution is 8.21. The van der Waals surface area contributed by atoms with Gasteiger partial charge in [0.2, 0.25) is 12.2 Å². The predicted molar refractivity (Wildman–Crippen MR) is 58.2 cm³/mol. The molecular weight excluding hydrogens is 220 g/mol. The molecular formula is C8H10N2O2S2. The van der Waals surface area contributed by atoms with Crippen LogP contribution in [0.3, 0.4) is 0 Å². The number of nitrogens with zero attached hydrogens (tertiary/aromatic N) is 2. The second-order valence-electron chi connectivity index (χ2n) is 2.74. The normalized spacial score (nSPS) is 18.3. The van der Waals surface area contributed by atoms with Crippen LogP contribution in [0, 0.1) is 0 Å². The van der Waals surface area contributed by atoms with Crippen molar-refractivity contribution in [2.24, 2.45) is 9.98 Å². The molecule has 0 N–H and O–H groups in total. The van der Waals surface area contributed by atoms with Crippen LogP contribution in [0.25, 0.3) is 0 Å². The SMILES string of the molecule is O=C=NCCC1(CN=C=O)SCCS1. The summed E-state index contributed by atoms with van der Waals surface area (Å²) in [5.74, 6) is 2.12. The van der Waals surface area contributed by atoms with Gasteiger partial charge in [0.05, 0.1) is 17.2 Å². The Morgan fingerprint density at radius 3 is 2.36 bits per heavy atom. The molecule has 1 aliphatic rings. The summed E-state index contributed by atoms with van der Waals surface area (Å²) in [7, 11) is 0. The summed E-state index contributed by atoms with van der Waals surface area (Å²) in [5, 5.41) is 0. The molecule has 0 radical (unpaired) electrons. The number of hydrogen-bond acceptors (Lipinski definition) is 6. The first-order valence-electron chi connectivity index (χ1n) is 4.18. The highest BCUT2D eigenvalue weighted by atomic mass is 32.2. The van der Waals surface area contributed by atoms with Crippen molar-refractivity contribution in [2.45, 2.75) is 10.5 Å². The Morgan fingerprint density at radius 2 is 1.79 bits per heavy atom. The highest BCUT2D eigenvalue weighted by Crippen LogP contribution is 2.46. The fourth-order valence-electron chi connectivity index (χ4n) is 1.24. The molecule has 4 nitrogen and oxygen atoms in total. The molecule has 0 aliphatic carbocycles. The zero-order valence-corrected chi connectivity index (χ0v) is 9.20.